The zero-order chi connectivity index (χ0) is 11.5. The first-order chi connectivity index (χ1) is 8.42. The lowest BCUT2D eigenvalue weighted by atomic mass is 9.92. The Hall–Kier alpha value is -0.830. The molecular formula is C14H23N3. The highest BCUT2D eigenvalue weighted by Gasteiger charge is 2.27. The monoisotopic (exact) mass is 233 g/mol. The summed E-state index contributed by atoms with van der Waals surface area (Å²) in [6.07, 6.45) is 11.6. The highest BCUT2D eigenvalue weighted by atomic mass is 15.2. The summed E-state index contributed by atoms with van der Waals surface area (Å²) in [5.41, 5.74) is 1.31. The summed E-state index contributed by atoms with van der Waals surface area (Å²) in [6, 6.07) is 3.02. The molecule has 2 heterocycles. The number of aromatic amines is 1. The lowest BCUT2D eigenvalue weighted by molar-refractivity contribution is 0.124. The summed E-state index contributed by atoms with van der Waals surface area (Å²) in [4.78, 5) is 2.76. The van der Waals surface area contributed by atoms with Crippen LogP contribution >= 0.6 is 0 Å². The van der Waals surface area contributed by atoms with Crippen molar-refractivity contribution in [1.29, 1.82) is 0 Å². The van der Waals surface area contributed by atoms with E-state index in [0.29, 0.717) is 0 Å². The number of nitrogens with zero attached hydrogens (tertiary/aromatic N) is 2. The predicted molar refractivity (Wildman–Crippen MR) is 68.8 cm³/mol. The summed E-state index contributed by atoms with van der Waals surface area (Å²) >= 11 is 0. The van der Waals surface area contributed by atoms with Gasteiger partial charge in [0.15, 0.2) is 0 Å². The van der Waals surface area contributed by atoms with Crippen molar-refractivity contribution in [2.75, 3.05) is 13.1 Å². The van der Waals surface area contributed by atoms with Crippen molar-refractivity contribution >= 4 is 0 Å². The van der Waals surface area contributed by atoms with Crippen LogP contribution in [-0.4, -0.2) is 34.2 Å². The van der Waals surface area contributed by atoms with E-state index in [2.05, 4.69) is 21.2 Å². The number of likely N-dealkylation sites (tertiary alicyclic amines) is 1. The topological polar surface area (TPSA) is 31.9 Å². The molecule has 1 aromatic heterocycles. The van der Waals surface area contributed by atoms with Gasteiger partial charge in [-0.2, -0.15) is 5.10 Å². The molecule has 0 aromatic carbocycles. The van der Waals surface area contributed by atoms with Crippen LogP contribution in [0.25, 0.3) is 0 Å². The average molecular weight is 233 g/mol. The number of hydrogen-bond acceptors (Lipinski definition) is 2. The molecular weight excluding hydrogens is 210 g/mol. The van der Waals surface area contributed by atoms with E-state index >= 15 is 0 Å². The minimum Gasteiger partial charge on any atom is -0.300 e. The lowest BCUT2D eigenvalue weighted by Gasteiger charge is -2.36. The van der Waals surface area contributed by atoms with Crippen molar-refractivity contribution in [3.05, 3.63) is 18.0 Å². The summed E-state index contributed by atoms with van der Waals surface area (Å²) in [5.74, 6) is 0.838. The smallest absolute Gasteiger partial charge is 0.0490 e. The minimum absolute atomic E-state index is 0.838. The van der Waals surface area contributed by atoms with Crippen molar-refractivity contribution in [1.82, 2.24) is 15.1 Å². The molecule has 0 bridgehead atoms. The van der Waals surface area contributed by atoms with Crippen LogP contribution in [0.5, 0.6) is 0 Å². The summed E-state index contributed by atoms with van der Waals surface area (Å²) in [7, 11) is 0. The van der Waals surface area contributed by atoms with Crippen LogP contribution in [0, 0.1) is 5.92 Å². The van der Waals surface area contributed by atoms with Gasteiger partial charge in [-0.05, 0) is 50.6 Å². The molecule has 3 nitrogen and oxygen atoms in total. The van der Waals surface area contributed by atoms with E-state index in [1.807, 2.05) is 6.20 Å². The Bertz CT molecular complexity index is 327. The van der Waals surface area contributed by atoms with Crippen LogP contribution in [0.2, 0.25) is 0 Å². The quantitative estimate of drug-likeness (QED) is 0.870. The van der Waals surface area contributed by atoms with Crippen LogP contribution in [0.15, 0.2) is 12.3 Å². The Labute approximate surface area is 104 Å². The van der Waals surface area contributed by atoms with Gasteiger partial charge in [0.2, 0.25) is 0 Å². The largest absolute Gasteiger partial charge is 0.300 e. The van der Waals surface area contributed by atoms with E-state index in [9.17, 15) is 0 Å². The second-order valence-corrected chi connectivity index (χ2v) is 5.73. The van der Waals surface area contributed by atoms with E-state index in [1.165, 1.54) is 63.7 Å². The molecule has 1 saturated carbocycles. The third kappa shape index (κ3) is 2.71. The van der Waals surface area contributed by atoms with Gasteiger partial charge in [-0.3, -0.25) is 5.10 Å². The maximum atomic E-state index is 4.05. The fourth-order valence-electron chi connectivity index (χ4n) is 3.57. The maximum absolute atomic E-state index is 4.05. The molecule has 2 fully saturated rings. The Morgan fingerprint density at radius 1 is 1.24 bits per heavy atom. The summed E-state index contributed by atoms with van der Waals surface area (Å²) in [6.45, 7) is 2.65. The first-order valence-corrected chi connectivity index (χ1v) is 7.14. The van der Waals surface area contributed by atoms with Crippen molar-refractivity contribution in [3.8, 4) is 0 Å². The summed E-state index contributed by atoms with van der Waals surface area (Å²) in [5, 5.41) is 7.15. The zero-order valence-corrected chi connectivity index (χ0v) is 10.6. The van der Waals surface area contributed by atoms with E-state index in [1.54, 1.807) is 0 Å². The van der Waals surface area contributed by atoms with Crippen LogP contribution in [-0.2, 0) is 6.42 Å². The fourth-order valence-corrected chi connectivity index (χ4v) is 3.57. The molecule has 2 aliphatic rings. The van der Waals surface area contributed by atoms with Gasteiger partial charge < -0.3 is 4.90 Å². The Morgan fingerprint density at radius 2 is 2.12 bits per heavy atom. The molecule has 94 valence electrons. The molecule has 17 heavy (non-hydrogen) atoms. The van der Waals surface area contributed by atoms with E-state index in [0.717, 1.165) is 12.0 Å². The van der Waals surface area contributed by atoms with Gasteiger partial charge in [0.05, 0.1) is 0 Å². The normalized spacial score (nSPS) is 27.6. The Kier molecular flexibility index (Phi) is 3.46. The molecule has 0 radical (unpaired) electrons. The molecule has 1 saturated heterocycles. The van der Waals surface area contributed by atoms with Gasteiger partial charge in [-0.15, -0.1) is 0 Å². The van der Waals surface area contributed by atoms with E-state index in [4.69, 9.17) is 0 Å². The number of H-pyrrole nitrogens is 1. The first kappa shape index (κ1) is 11.3. The molecule has 1 aliphatic heterocycles. The maximum Gasteiger partial charge on any atom is 0.0490 e. The second-order valence-electron chi connectivity index (χ2n) is 5.73. The SMILES string of the molecule is c1cc(C[C@H]2CCCN(C3CCCC3)C2)[nH]n1. The van der Waals surface area contributed by atoms with Crippen LogP contribution in [0.1, 0.15) is 44.2 Å². The highest BCUT2D eigenvalue weighted by Crippen LogP contribution is 2.28. The first-order valence-electron chi connectivity index (χ1n) is 7.14. The molecule has 1 aliphatic carbocycles. The molecule has 3 rings (SSSR count). The van der Waals surface area contributed by atoms with Gasteiger partial charge in [-0.1, -0.05) is 12.8 Å². The van der Waals surface area contributed by atoms with Gasteiger partial charge in [0.1, 0.15) is 0 Å². The molecule has 0 amide bonds. The fraction of sp³-hybridized carbons (Fsp3) is 0.786. The number of rotatable bonds is 3. The number of nitrogens with one attached hydrogen (secondary N) is 1. The van der Waals surface area contributed by atoms with Gasteiger partial charge in [-0.25, -0.2) is 0 Å². The molecule has 1 atom stereocenters. The molecule has 3 heteroatoms. The molecule has 0 unspecified atom stereocenters. The summed E-state index contributed by atoms with van der Waals surface area (Å²) < 4.78 is 0. The Balaban J connectivity index is 1.55. The Morgan fingerprint density at radius 3 is 2.88 bits per heavy atom. The lowest BCUT2D eigenvalue weighted by Crippen LogP contribution is -2.42. The van der Waals surface area contributed by atoms with Crippen molar-refractivity contribution < 1.29 is 0 Å². The van der Waals surface area contributed by atoms with E-state index < -0.39 is 0 Å². The van der Waals surface area contributed by atoms with Crippen LogP contribution < -0.4 is 0 Å². The molecule has 1 N–H and O–H groups in total. The number of piperidine rings is 1. The number of aromatic nitrogens is 2. The third-order valence-corrected chi connectivity index (χ3v) is 4.46. The molecule has 1 aromatic rings. The average Bonchev–Trinajstić information content (AvgIpc) is 3.01. The van der Waals surface area contributed by atoms with Crippen molar-refractivity contribution in [2.45, 2.75) is 51.0 Å². The van der Waals surface area contributed by atoms with Crippen LogP contribution in [0.4, 0.5) is 0 Å². The standard InChI is InChI=1S/C14H23N3/c1-2-6-14(5-1)17-9-3-4-12(11-17)10-13-7-8-15-16-13/h7-8,12,14H,1-6,9-11H2,(H,15,16)/t12-/m1/s1. The number of hydrogen-bond donors (Lipinski definition) is 1. The van der Waals surface area contributed by atoms with Crippen molar-refractivity contribution in [2.24, 2.45) is 5.92 Å². The van der Waals surface area contributed by atoms with Crippen LogP contribution in [0.3, 0.4) is 0 Å². The van der Waals surface area contributed by atoms with Gasteiger partial charge >= 0.3 is 0 Å². The van der Waals surface area contributed by atoms with Gasteiger partial charge in [0, 0.05) is 24.5 Å². The predicted octanol–water partition coefficient (Wildman–Crippen LogP) is 2.61. The zero-order valence-electron chi connectivity index (χ0n) is 10.6. The van der Waals surface area contributed by atoms with Gasteiger partial charge in [0.25, 0.3) is 0 Å². The van der Waals surface area contributed by atoms with E-state index in [-0.39, 0.29) is 0 Å². The molecule has 0 spiro atoms. The van der Waals surface area contributed by atoms with Crippen molar-refractivity contribution in [3.63, 3.8) is 0 Å². The third-order valence-electron chi connectivity index (χ3n) is 4.46. The highest BCUT2D eigenvalue weighted by molar-refractivity contribution is 4.99. The second kappa shape index (κ2) is 5.21. The minimum atomic E-state index is 0.838.